The fourth-order valence-corrected chi connectivity index (χ4v) is 2.02. The summed E-state index contributed by atoms with van der Waals surface area (Å²) in [5, 5.41) is 6.35. The van der Waals surface area contributed by atoms with E-state index in [2.05, 4.69) is 10.6 Å². The maximum absolute atomic E-state index is 12.2. The van der Waals surface area contributed by atoms with Gasteiger partial charge in [-0.15, -0.1) is 0 Å². The van der Waals surface area contributed by atoms with Gasteiger partial charge in [-0.25, -0.2) is 0 Å². The van der Waals surface area contributed by atoms with Crippen molar-refractivity contribution in [2.75, 3.05) is 12.4 Å². The van der Waals surface area contributed by atoms with Gasteiger partial charge in [-0.1, -0.05) is 36.0 Å². The first-order chi connectivity index (χ1) is 9.61. The maximum Gasteiger partial charge on any atom is 0.255 e. The normalized spacial score (nSPS) is 9.90. The molecule has 0 saturated carbocycles. The summed E-state index contributed by atoms with van der Waals surface area (Å²) in [5.41, 5.74) is 2.00. The predicted octanol–water partition coefficient (Wildman–Crippen LogP) is 3.49. The fraction of sp³-hybridized carbons (Fsp3) is 0.0667. The fourth-order valence-electron chi connectivity index (χ4n) is 1.72. The largest absolute Gasteiger partial charge is 0.379 e. The van der Waals surface area contributed by atoms with Gasteiger partial charge in [0.2, 0.25) is 0 Å². The number of rotatable bonds is 3. The molecule has 0 aliphatic heterocycles. The van der Waals surface area contributed by atoms with E-state index in [1.807, 2.05) is 24.3 Å². The molecule has 5 heteroatoms. The lowest BCUT2D eigenvalue weighted by molar-refractivity contribution is 0.102. The van der Waals surface area contributed by atoms with Crippen LogP contribution >= 0.6 is 23.8 Å². The second kappa shape index (κ2) is 6.50. The molecule has 20 heavy (non-hydrogen) atoms. The number of amides is 1. The van der Waals surface area contributed by atoms with Crippen molar-refractivity contribution < 1.29 is 4.79 Å². The molecule has 2 N–H and O–H groups in total. The minimum atomic E-state index is -0.201. The number of halogens is 1. The topological polar surface area (TPSA) is 41.1 Å². The van der Waals surface area contributed by atoms with Gasteiger partial charge in [0.15, 0.2) is 0 Å². The van der Waals surface area contributed by atoms with Crippen molar-refractivity contribution in [3.05, 3.63) is 64.7 Å². The smallest absolute Gasteiger partial charge is 0.255 e. The summed E-state index contributed by atoms with van der Waals surface area (Å²) in [5.74, 6) is -0.201. The number of carbonyl (C=O) groups excluding carboxylic acids is 1. The van der Waals surface area contributed by atoms with E-state index in [1.165, 1.54) is 0 Å². The molecule has 0 heterocycles. The second-order valence-electron chi connectivity index (χ2n) is 4.09. The van der Waals surface area contributed by atoms with Crippen LogP contribution in [0.25, 0.3) is 0 Å². The molecule has 0 aliphatic carbocycles. The molecule has 0 fully saturated rings. The molecule has 0 aliphatic rings. The van der Waals surface area contributed by atoms with E-state index in [4.69, 9.17) is 23.8 Å². The first-order valence-corrected chi connectivity index (χ1v) is 6.78. The predicted molar refractivity (Wildman–Crippen MR) is 86.6 cm³/mol. The van der Waals surface area contributed by atoms with Gasteiger partial charge >= 0.3 is 0 Å². The first-order valence-electron chi connectivity index (χ1n) is 6.00. The van der Waals surface area contributed by atoms with Gasteiger partial charge in [0, 0.05) is 23.2 Å². The van der Waals surface area contributed by atoms with E-state index in [9.17, 15) is 4.79 Å². The Bertz CT molecular complexity index is 641. The molecule has 1 amide bonds. The minimum absolute atomic E-state index is 0.201. The highest BCUT2D eigenvalue weighted by molar-refractivity contribution is 7.80. The first kappa shape index (κ1) is 14.5. The zero-order valence-electron chi connectivity index (χ0n) is 10.8. The van der Waals surface area contributed by atoms with E-state index in [1.54, 1.807) is 31.3 Å². The zero-order chi connectivity index (χ0) is 14.5. The van der Waals surface area contributed by atoms with Crippen molar-refractivity contribution >= 4 is 40.4 Å². The van der Waals surface area contributed by atoms with E-state index in [-0.39, 0.29) is 5.91 Å². The van der Waals surface area contributed by atoms with Crippen LogP contribution in [0, 0.1) is 0 Å². The summed E-state index contributed by atoms with van der Waals surface area (Å²) in [4.78, 5) is 12.8. The van der Waals surface area contributed by atoms with Crippen LogP contribution in [-0.4, -0.2) is 17.9 Å². The molecular formula is C15H13ClN2OS. The van der Waals surface area contributed by atoms with Crippen LogP contribution in [0.4, 0.5) is 5.69 Å². The van der Waals surface area contributed by atoms with Crippen LogP contribution in [0.15, 0.2) is 48.5 Å². The maximum atomic E-state index is 12.2. The Morgan fingerprint density at radius 1 is 1.10 bits per heavy atom. The van der Waals surface area contributed by atoms with Crippen molar-refractivity contribution in [3.63, 3.8) is 0 Å². The summed E-state index contributed by atoms with van der Waals surface area (Å²) in [7, 11) is 1.75. The van der Waals surface area contributed by atoms with Gasteiger partial charge in [0.1, 0.15) is 4.99 Å². The van der Waals surface area contributed by atoms with Crippen molar-refractivity contribution in [2.45, 2.75) is 0 Å². The molecule has 0 aromatic heterocycles. The Kier molecular flexibility index (Phi) is 4.71. The van der Waals surface area contributed by atoms with Crippen LogP contribution in [0.2, 0.25) is 5.02 Å². The second-order valence-corrected chi connectivity index (χ2v) is 4.93. The summed E-state index contributed by atoms with van der Waals surface area (Å²) in [6.07, 6.45) is 0. The monoisotopic (exact) mass is 304 g/mol. The SMILES string of the molecule is CNC(=S)c1ccccc1NC(=O)c1ccc(Cl)cc1. The van der Waals surface area contributed by atoms with Crippen molar-refractivity contribution in [2.24, 2.45) is 0 Å². The molecule has 0 spiro atoms. The number of anilines is 1. The standard InChI is InChI=1S/C15H13ClN2OS/c1-17-15(20)12-4-2-3-5-13(12)18-14(19)10-6-8-11(16)9-7-10/h2-9H,1H3,(H,17,20)(H,18,19). The Morgan fingerprint density at radius 3 is 2.40 bits per heavy atom. The molecular weight excluding hydrogens is 292 g/mol. The van der Waals surface area contributed by atoms with E-state index < -0.39 is 0 Å². The summed E-state index contributed by atoms with van der Waals surface area (Å²) >= 11 is 11.0. The Hall–Kier alpha value is -1.91. The van der Waals surface area contributed by atoms with Gasteiger partial charge in [-0.05, 0) is 36.4 Å². The average Bonchev–Trinajstić information content (AvgIpc) is 2.47. The zero-order valence-corrected chi connectivity index (χ0v) is 12.4. The number of benzene rings is 2. The van der Waals surface area contributed by atoms with Crippen molar-refractivity contribution in [1.82, 2.24) is 5.32 Å². The molecule has 2 aromatic carbocycles. The molecule has 0 unspecified atom stereocenters. The summed E-state index contributed by atoms with van der Waals surface area (Å²) in [6.45, 7) is 0. The highest BCUT2D eigenvalue weighted by Gasteiger charge is 2.10. The van der Waals surface area contributed by atoms with E-state index in [0.29, 0.717) is 21.3 Å². The molecule has 102 valence electrons. The van der Waals surface area contributed by atoms with Crippen LogP contribution in [0.1, 0.15) is 15.9 Å². The van der Waals surface area contributed by atoms with E-state index in [0.717, 1.165) is 5.56 Å². The lowest BCUT2D eigenvalue weighted by Gasteiger charge is -2.11. The number of hydrogen-bond donors (Lipinski definition) is 2. The van der Waals surface area contributed by atoms with Gasteiger partial charge in [0.25, 0.3) is 5.91 Å². The highest BCUT2D eigenvalue weighted by Crippen LogP contribution is 2.17. The summed E-state index contributed by atoms with van der Waals surface area (Å²) in [6, 6.07) is 14.1. The van der Waals surface area contributed by atoms with Crippen LogP contribution in [0.3, 0.4) is 0 Å². The van der Waals surface area contributed by atoms with E-state index >= 15 is 0 Å². The number of para-hydroxylation sites is 1. The van der Waals surface area contributed by atoms with Crippen LogP contribution in [0.5, 0.6) is 0 Å². The van der Waals surface area contributed by atoms with Gasteiger partial charge < -0.3 is 10.6 Å². The van der Waals surface area contributed by atoms with Gasteiger partial charge in [-0.2, -0.15) is 0 Å². The average molecular weight is 305 g/mol. The van der Waals surface area contributed by atoms with Crippen LogP contribution in [-0.2, 0) is 0 Å². The lowest BCUT2D eigenvalue weighted by atomic mass is 10.1. The minimum Gasteiger partial charge on any atom is -0.379 e. The molecule has 2 rings (SSSR count). The van der Waals surface area contributed by atoms with Gasteiger partial charge in [0.05, 0.1) is 5.69 Å². The molecule has 0 saturated heterocycles. The quantitative estimate of drug-likeness (QED) is 0.853. The third-order valence-corrected chi connectivity index (χ3v) is 3.43. The lowest BCUT2D eigenvalue weighted by Crippen LogP contribution is -2.20. The summed E-state index contributed by atoms with van der Waals surface area (Å²) < 4.78 is 0. The number of hydrogen-bond acceptors (Lipinski definition) is 2. The van der Waals surface area contributed by atoms with Crippen LogP contribution < -0.4 is 10.6 Å². The Morgan fingerprint density at radius 2 is 1.75 bits per heavy atom. The highest BCUT2D eigenvalue weighted by atomic mass is 35.5. The molecule has 0 bridgehead atoms. The number of carbonyl (C=O) groups is 1. The molecule has 0 radical (unpaired) electrons. The molecule has 2 aromatic rings. The number of nitrogens with one attached hydrogen (secondary N) is 2. The third-order valence-electron chi connectivity index (χ3n) is 2.75. The van der Waals surface area contributed by atoms with Crippen molar-refractivity contribution in [1.29, 1.82) is 0 Å². The van der Waals surface area contributed by atoms with Crippen molar-refractivity contribution in [3.8, 4) is 0 Å². The Labute approximate surface area is 128 Å². The Balaban J connectivity index is 2.24. The third kappa shape index (κ3) is 3.35. The molecule has 0 atom stereocenters. The molecule has 3 nitrogen and oxygen atoms in total. The van der Waals surface area contributed by atoms with Gasteiger partial charge in [-0.3, -0.25) is 4.79 Å². The number of thiocarbonyl (C=S) groups is 1.